The lowest BCUT2D eigenvalue weighted by molar-refractivity contribution is -0.113. The van der Waals surface area contributed by atoms with E-state index in [1.807, 2.05) is 62.4 Å². The first kappa shape index (κ1) is 24.3. The Bertz CT molecular complexity index is 1290. The second-order valence-electron chi connectivity index (χ2n) is 8.16. The van der Waals surface area contributed by atoms with Crippen LogP contribution in [0.1, 0.15) is 32.6 Å². The van der Waals surface area contributed by atoms with Crippen molar-refractivity contribution in [3.8, 4) is 5.75 Å². The zero-order valence-electron chi connectivity index (χ0n) is 20.1. The molecule has 1 amide bonds. The predicted molar refractivity (Wildman–Crippen MR) is 141 cm³/mol. The molecule has 6 nitrogen and oxygen atoms in total. The number of carbonyl (C=O) groups excluding carboxylic acids is 2. The fourth-order valence-electron chi connectivity index (χ4n) is 3.76. The van der Waals surface area contributed by atoms with Gasteiger partial charge < -0.3 is 9.47 Å². The Kier molecular flexibility index (Phi) is 7.36. The van der Waals surface area contributed by atoms with E-state index < -0.39 is 0 Å². The lowest BCUT2D eigenvalue weighted by Gasteiger charge is -2.19. The standard InChI is InChI=1S/C28H26N2O4S/c1-18-13-19(2)15-23(14-18)30-26(31)25(16-20-7-11-24(33-3)12-8-20)29-28(30)35-17-21-5-9-22(10-6-21)27(32)34-4/h5-16H,17H2,1-4H3. The molecule has 0 saturated heterocycles. The van der Waals surface area contributed by atoms with Crippen LogP contribution in [-0.4, -0.2) is 31.3 Å². The minimum Gasteiger partial charge on any atom is -0.497 e. The van der Waals surface area contributed by atoms with Crippen LogP contribution in [0.15, 0.2) is 77.4 Å². The van der Waals surface area contributed by atoms with Gasteiger partial charge in [-0.05, 0) is 78.6 Å². The molecule has 0 unspecified atom stereocenters. The number of ether oxygens (including phenoxy) is 2. The summed E-state index contributed by atoms with van der Waals surface area (Å²) in [5.41, 5.74) is 5.67. The first-order valence-corrected chi connectivity index (χ1v) is 12.0. The second kappa shape index (κ2) is 10.6. The molecule has 0 fully saturated rings. The van der Waals surface area contributed by atoms with Gasteiger partial charge in [0.2, 0.25) is 0 Å². The van der Waals surface area contributed by atoms with Crippen molar-refractivity contribution in [3.63, 3.8) is 0 Å². The van der Waals surface area contributed by atoms with E-state index in [4.69, 9.17) is 14.5 Å². The Hall–Kier alpha value is -3.84. The molecule has 0 aromatic heterocycles. The Morgan fingerprint density at radius 1 is 0.971 bits per heavy atom. The smallest absolute Gasteiger partial charge is 0.337 e. The van der Waals surface area contributed by atoms with Gasteiger partial charge in [-0.1, -0.05) is 42.1 Å². The third-order valence-corrected chi connectivity index (χ3v) is 6.47. The van der Waals surface area contributed by atoms with Crippen molar-refractivity contribution in [2.24, 2.45) is 4.99 Å². The van der Waals surface area contributed by atoms with Crippen molar-refractivity contribution < 1.29 is 19.1 Å². The van der Waals surface area contributed by atoms with Crippen molar-refractivity contribution in [2.75, 3.05) is 19.1 Å². The van der Waals surface area contributed by atoms with Crippen LogP contribution in [0, 0.1) is 13.8 Å². The molecule has 3 aromatic carbocycles. The minimum absolute atomic E-state index is 0.172. The van der Waals surface area contributed by atoms with Gasteiger partial charge >= 0.3 is 5.97 Å². The van der Waals surface area contributed by atoms with Crippen molar-refractivity contribution in [2.45, 2.75) is 19.6 Å². The van der Waals surface area contributed by atoms with E-state index in [0.29, 0.717) is 22.2 Å². The van der Waals surface area contributed by atoms with Crippen molar-refractivity contribution in [3.05, 3.63) is 100 Å². The number of amidine groups is 1. The van der Waals surface area contributed by atoms with Gasteiger partial charge in [-0.3, -0.25) is 9.69 Å². The molecule has 0 atom stereocenters. The number of benzene rings is 3. The lowest BCUT2D eigenvalue weighted by Crippen LogP contribution is -2.30. The van der Waals surface area contributed by atoms with Gasteiger partial charge in [0.05, 0.1) is 25.5 Å². The molecule has 7 heteroatoms. The van der Waals surface area contributed by atoms with Crippen LogP contribution in [-0.2, 0) is 15.3 Å². The Morgan fingerprint density at radius 2 is 1.63 bits per heavy atom. The topological polar surface area (TPSA) is 68.2 Å². The zero-order chi connectivity index (χ0) is 24.9. The number of anilines is 1. The Morgan fingerprint density at radius 3 is 2.23 bits per heavy atom. The molecule has 35 heavy (non-hydrogen) atoms. The summed E-state index contributed by atoms with van der Waals surface area (Å²) in [6, 6.07) is 20.8. The van der Waals surface area contributed by atoms with Gasteiger partial charge in [-0.25, -0.2) is 9.79 Å². The molecule has 0 aliphatic carbocycles. The molecule has 4 rings (SSSR count). The third kappa shape index (κ3) is 5.63. The summed E-state index contributed by atoms with van der Waals surface area (Å²) >= 11 is 1.47. The average molecular weight is 487 g/mol. The molecule has 178 valence electrons. The van der Waals surface area contributed by atoms with Gasteiger partial charge in [0.1, 0.15) is 11.4 Å². The predicted octanol–water partition coefficient (Wildman–Crippen LogP) is 5.78. The summed E-state index contributed by atoms with van der Waals surface area (Å²) in [7, 11) is 2.98. The summed E-state index contributed by atoms with van der Waals surface area (Å²) < 4.78 is 9.99. The molecule has 0 radical (unpaired) electrons. The first-order chi connectivity index (χ1) is 16.9. The van der Waals surface area contributed by atoms with Crippen LogP contribution in [0.4, 0.5) is 5.69 Å². The van der Waals surface area contributed by atoms with E-state index in [1.165, 1.54) is 18.9 Å². The summed E-state index contributed by atoms with van der Waals surface area (Å²) in [5, 5.41) is 0.608. The number of aryl methyl sites for hydroxylation is 2. The fourth-order valence-corrected chi connectivity index (χ4v) is 4.73. The van der Waals surface area contributed by atoms with E-state index in [0.717, 1.165) is 33.7 Å². The highest BCUT2D eigenvalue weighted by Crippen LogP contribution is 2.32. The van der Waals surface area contributed by atoms with Gasteiger partial charge in [-0.15, -0.1) is 0 Å². The van der Waals surface area contributed by atoms with E-state index in [1.54, 1.807) is 30.2 Å². The van der Waals surface area contributed by atoms with Crippen LogP contribution >= 0.6 is 11.8 Å². The molecule has 1 aliphatic rings. The summed E-state index contributed by atoms with van der Waals surface area (Å²) in [6.07, 6.45) is 1.79. The second-order valence-corrected chi connectivity index (χ2v) is 9.10. The zero-order valence-corrected chi connectivity index (χ0v) is 20.9. The van der Waals surface area contributed by atoms with E-state index in [2.05, 4.69) is 6.07 Å². The molecular formula is C28H26N2O4S. The molecule has 0 spiro atoms. The monoisotopic (exact) mass is 486 g/mol. The highest BCUT2D eigenvalue weighted by Gasteiger charge is 2.32. The summed E-state index contributed by atoms with van der Waals surface area (Å²) in [5.74, 6) is 0.795. The molecule has 3 aromatic rings. The number of esters is 1. The Labute approximate surface area is 209 Å². The van der Waals surface area contributed by atoms with Gasteiger partial charge in [-0.2, -0.15) is 0 Å². The van der Waals surface area contributed by atoms with Crippen LogP contribution in [0.5, 0.6) is 5.75 Å². The largest absolute Gasteiger partial charge is 0.497 e. The first-order valence-electron chi connectivity index (χ1n) is 11.0. The van der Waals surface area contributed by atoms with E-state index in [9.17, 15) is 9.59 Å². The highest BCUT2D eigenvalue weighted by molar-refractivity contribution is 8.13. The van der Waals surface area contributed by atoms with Crippen LogP contribution in [0.2, 0.25) is 0 Å². The summed E-state index contributed by atoms with van der Waals surface area (Å²) in [6.45, 7) is 4.02. The number of nitrogens with zero attached hydrogens (tertiary/aromatic N) is 2. The molecule has 0 saturated carbocycles. The number of hydrogen-bond acceptors (Lipinski definition) is 6. The Balaban J connectivity index is 1.63. The van der Waals surface area contributed by atoms with Crippen molar-refractivity contribution in [1.82, 2.24) is 0 Å². The molecule has 0 bridgehead atoms. The number of aliphatic imine (C=N–C) groups is 1. The van der Waals surface area contributed by atoms with Gasteiger partial charge in [0, 0.05) is 5.75 Å². The molecular weight excluding hydrogens is 460 g/mol. The summed E-state index contributed by atoms with van der Waals surface area (Å²) in [4.78, 5) is 31.6. The van der Waals surface area contributed by atoms with Gasteiger partial charge in [0.15, 0.2) is 5.17 Å². The van der Waals surface area contributed by atoms with Crippen LogP contribution in [0.25, 0.3) is 6.08 Å². The van der Waals surface area contributed by atoms with Gasteiger partial charge in [0.25, 0.3) is 5.91 Å². The van der Waals surface area contributed by atoms with Crippen LogP contribution < -0.4 is 9.64 Å². The highest BCUT2D eigenvalue weighted by atomic mass is 32.2. The normalized spacial score (nSPS) is 14.3. The number of carbonyl (C=O) groups is 2. The molecule has 1 aliphatic heterocycles. The lowest BCUT2D eigenvalue weighted by atomic mass is 10.1. The molecule has 0 N–H and O–H groups in total. The average Bonchev–Trinajstić information content (AvgIpc) is 3.17. The number of rotatable bonds is 6. The fraction of sp³-hybridized carbons (Fsp3) is 0.179. The number of hydrogen-bond donors (Lipinski definition) is 0. The number of amides is 1. The van der Waals surface area contributed by atoms with Crippen molar-refractivity contribution >= 4 is 40.6 Å². The maximum atomic E-state index is 13.5. The quantitative estimate of drug-likeness (QED) is 0.327. The minimum atomic E-state index is -0.371. The third-order valence-electron chi connectivity index (χ3n) is 5.46. The van der Waals surface area contributed by atoms with E-state index in [-0.39, 0.29) is 11.9 Å². The van der Waals surface area contributed by atoms with Crippen molar-refractivity contribution in [1.29, 1.82) is 0 Å². The molecule has 1 heterocycles. The maximum Gasteiger partial charge on any atom is 0.337 e. The number of methoxy groups -OCH3 is 2. The number of thioether (sulfide) groups is 1. The maximum absolute atomic E-state index is 13.5. The van der Waals surface area contributed by atoms with E-state index >= 15 is 0 Å². The van der Waals surface area contributed by atoms with Crippen LogP contribution in [0.3, 0.4) is 0 Å². The SMILES string of the molecule is COC(=O)c1ccc(CSC2=NC(=Cc3ccc(OC)cc3)C(=O)N2c2cc(C)cc(C)c2)cc1.